The molecule has 1 aromatic carbocycles. The van der Waals surface area contributed by atoms with E-state index >= 15 is 0 Å². The quantitative estimate of drug-likeness (QED) is 0.898. The molecule has 0 spiro atoms. The highest BCUT2D eigenvalue weighted by molar-refractivity contribution is 7.89. The normalized spacial score (nSPS) is 18.1. The smallest absolute Gasteiger partial charge is 0.271 e. The van der Waals surface area contributed by atoms with E-state index in [2.05, 4.69) is 17.4 Å². The average molecular weight is 292 g/mol. The Morgan fingerprint density at radius 3 is 2.80 bits per heavy atom. The molecule has 0 bridgehead atoms. The number of hydrogen-bond acceptors (Lipinski definition) is 4. The summed E-state index contributed by atoms with van der Waals surface area (Å²) in [6, 6.07) is 11.6. The zero-order chi connectivity index (χ0) is 14.2. The summed E-state index contributed by atoms with van der Waals surface area (Å²) in [5.74, 6) is 0.568. The van der Waals surface area contributed by atoms with Gasteiger partial charge in [-0.2, -0.15) is 0 Å². The maximum Gasteiger partial charge on any atom is 0.271 e. The van der Waals surface area contributed by atoms with Gasteiger partial charge in [-0.1, -0.05) is 24.3 Å². The molecular formula is C14H16N2O3S. The number of benzene rings is 1. The summed E-state index contributed by atoms with van der Waals surface area (Å²) in [4.78, 5) is 0. The van der Waals surface area contributed by atoms with E-state index in [0.29, 0.717) is 12.3 Å². The Kier molecular flexibility index (Phi) is 3.37. The Bertz CT molecular complexity index is 722. The Morgan fingerprint density at radius 2 is 2.05 bits per heavy atom. The summed E-state index contributed by atoms with van der Waals surface area (Å²) >= 11 is 0. The Balaban J connectivity index is 1.68. The Labute approximate surface area is 117 Å². The SMILES string of the molecule is NS(=O)(=O)c1ccc(CNC2CCc3ccccc32)o1. The van der Waals surface area contributed by atoms with Crippen molar-refractivity contribution in [3.8, 4) is 0 Å². The first-order valence-electron chi connectivity index (χ1n) is 6.47. The van der Waals surface area contributed by atoms with Crippen LogP contribution >= 0.6 is 0 Å². The third-order valence-corrected chi connectivity index (χ3v) is 4.35. The fourth-order valence-corrected chi connectivity index (χ4v) is 3.08. The maximum atomic E-state index is 11.1. The fraction of sp³-hybridized carbons (Fsp3) is 0.286. The lowest BCUT2D eigenvalue weighted by Crippen LogP contribution is -2.18. The highest BCUT2D eigenvalue weighted by Gasteiger charge is 2.21. The Hall–Kier alpha value is -1.63. The lowest BCUT2D eigenvalue weighted by molar-refractivity contribution is 0.389. The van der Waals surface area contributed by atoms with E-state index in [0.717, 1.165) is 12.8 Å². The lowest BCUT2D eigenvalue weighted by atomic mass is 10.1. The van der Waals surface area contributed by atoms with Crippen LogP contribution in [0.1, 0.15) is 29.3 Å². The summed E-state index contributed by atoms with van der Waals surface area (Å²) in [5.41, 5.74) is 2.68. The molecule has 1 atom stereocenters. The molecule has 1 aromatic heterocycles. The standard InChI is InChI=1S/C14H16N2O3S/c15-20(17,18)14-8-6-11(19-14)9-16-13-7-5-10-3-1-2-4-12(10)13/h1-4,6,8,13,16H,5,7,9H2,(H2,15,17,18). The van der Waals surface area contributed by atoms with Crippen LogP contribution in [-0.4, -0.2) is 8.42 Å². The van der Waals surface area contributed by atoms with Crippen molar-refractivity contribution in [2.75, 3.05) is 0 Å². The minimum Gasteiger partial charge on any atom is -0.447 e. The van der Waals surface area contributed by atoms with Crippen LogP contribution in [0.2, 0.25) is 0 Å². The molecule has 20 heavy (non-hydrogen) atoms. The van der Waals surface area contributed by atoms with Gasteiger partial charge in [0.2, 0.25) is 5.09 Å². The molecule has 0 aliphatic heterocycles. The molecule has 0 radical (unpaired) electrons. The van der Waals surface area contributed by atoms with Crippen LogP contribution in [0, 0.1) is 0 Å². The van der Waals surface area contributed by atoms with Gasteiger partial charge in [-0.25, -0.2) is 13.6 Å². The molecule has 1 aliphatic rings. The second kappa shape index (κ2) is 5.05. The van der Waals surface area contributed by atoms with Crippen LogP contribution in [0.3, 0.4) is 0 Å². The fourth-order valence-electron chi connectivity index (χ4n) is 2.60. The molecule has 0 amide bonds. The first-order valence-corrected chi connectivity index (χ1v) is 8.01. The van der Waals surface area contributed by atoms with Crippen LogP contribution in [-0.2, 0) is 23.0 Å². The van der Waals surface area contributed by atoms with Crippen molar-refractivity contribution in [3.63, 3.8) is 0 Å². The molecule has 1 aliphatic carbocycles. The van der Waals surface area contributed by atoms with Gasteiger partial charge in [-0.3, -0.25) is 0 Å². The number of fused-ring (bicyclic) bond motifs is 1. The van der Waals surface area contributed by atoms with Gasteiger partial charge < -0.3 is 9.73 Å². The van der Waals surface area contributed by atoms with Gasteiger partial charge in [0, 0.05) is 6.04 Å². The first-order chi connectivity index (χ1) is 9.54. The predicted octanol–water partition coefficient (Wildman–Crippen LogP) is 1.70. The molecule has 2 aromatic rings. The van der Waals surface area contributed by atoms with E-state index in [1.54, 1.807) is 6.07 Å². The van der Waals surface area contributed by atoms with Crippen molar-refractivity contribution < 1.29 is 12.8 Å². The monoisotopic (exact) mass is 292 g/mol. The molecule has 3 N–H and O–H groups in total. The van der Waals surface area contributed by atoms with Crippen LogP contribution < -0.4 is 10.5 Å². The van der Waals surface area contributed by atoms with Gasteiger partial charge in [0.05, 0.1) is 6.54 Å². The van der Waals surface area contributed by atoms with Crippen molar-refractivity contribution in [1.82, 2.24) is 5.32 Å². The van der Waals surface area contributed by atoms with Gasteiger partial charge in [-0.15, -0.1) is 0 Å². The largest absolute Gasteiger partial charge is 0.447 e. The molecule has 0 fully saturated rings. The molecule has 5 nitrogen and oxygen atoms in total. The number of rotatable bonds is 4. The predicted molar refractivity (Wildman–Crippen MR) is 74.4 cm³/mol. The van der Waals surface area contributed by atoms with Crippen molar-refractivity contribution in [2.24, 2.45) is 5.14 Å². The maximum absolute atomic E-state index is 11.1. The van der Waals surface area contributed by atoms with Crippen molar-refractivity contribution in [2.45, 2.75) is 30.5 Å². The highest BCUT2D eigenvalue weighted by atomic mass is 32.2. The van der Waals surface area contributed by atoms with E-state index in [1.165, 1.54) is 17.2 Å². The van der Waals surface area contributed by atoms with E-state index in [1.807, 2.05) is 12.1 Å². The van der Waals surface area contributed by atoms with Crippen molar-refractivity contribution in [1.29, 1.82) is 0 Å². The van der Waals surface area contributed by atoms with Gasteiger partial charge in [0.1, 0.15) is 5.76 Å². The first kappa shape index (κ1) is 13.4. The molecule has 1 unspecified atom stereocenters. The molecule has 106 valence electrons. The van der Waals surface area contributed by atoms with Crippen molar-refractivity contribution >= 4 is 10.0 Å². The van der Waals surface area contributed by atoms with Crippen LogP contribution in [0.25, 0.3) is 0 Å². The van der Waals surface area contributed by atoms with Crippen LogP contribution in [0.4, 0.5) is 0 Å². The topological polar surface area (TPSA) is 85.3 Å². The molecule has 0 saturated heterocycles. The molecular weight excluding hydrogens is 276 g/mol. The summed E-state index contributed by atoms with van der Waals surface area (Å²) in [6.45, 7) is 0.481. The Morgan fingerprint density at radius 1 is 1.25 bits per heavy atom. The second-order valence-corrected chi connectivity index (χ2v) is 6.43. The van der Waals surface area contributed by atoms with Crippen molar-refractivity contribution in [3.05, 3.63) is 53.3 Å². The van der Waals surface area contributed by atoms with Gasteiger partial charge in [0.25, 0.3) is 10.0 Å². The number of sulfonamides is 1. The number of hydrogen-bond donors (Lipinski definition) is 2. The number of nitrogens with two attached hydrogens (primary N) is 1. The van der Waals surface area contributed by atoms with Gasteiger partial charge >= 0.3 is 0 Å². The lowest BCUT2D eigenvalue weighted by Gasteiger charge is -2.12. The van der Waals surface area contributed by atoms with Crippen LogP contribution in [0.5, 0.6) is 0 Å². The zero-order valence-electron chi connectivity index (χ0n) is 10.9. The van der Waals surface area contributed by atoms with E-state index in [-0.39, 0.29) is 11.1 Å². The zero-order valence-corrected chi connectivity index (χ0v) is 11.7. The van der Waals surface area contributed by atoms with E-state index in [9.17, 15) is 8.42 Å². The summed E-state index contributed by atoms with van der Waals surface area (Å²) < 4.78 is 27.5. The number of nitrogens with one attached hydrogen (secondary N) is 1. The molecule has 0 saturated carbocycles. The number of primary sulfonamides is 1. The molecule has 3 rings (SSSR count). The van der Waals surface area contributed by atoms with E-state index in [4.69, 9.17) is 9.56 Å². The highest BCUT2D eigenvalue weighted by Crippen LogP contribution is 2.30. The number of furan rings is 1. The van der Waals surface area contributed by atoms with Gasteiger partial charge in [0.15, 0.2) is 0 Å². The molecule has 1 heterocycles. The second-order valence-electron chi connectivity index (χ2n) is 4.94. The third-order valence-electron chi connectivity index (χ3n) is 3.57. The minimum absolute atomic E-state index is 0.193. The summed E-state index contributed by atoms with van der Waals surface area (Å²) in [5, 5.41) is 8.21. The summed E-state index contributed by atoms with van der Waals surface area (Å²) in [7, 11) is -3.76. The number of aryl methyl sites for hydroxylation is 1. The molecule has 6 heteroatoms. The summed E-state index contributed by atoms with van der Waals surface area (Å²) in [6.07, 6.45) is 2.11. The third kappa shape index (κ3) is 2.63. The minimum atomic E-state index is -3.76. The average Bonchev–Trinajstić information content (AvgIpc) is 3.02. The van der Waals surface area contributed by atoms with E-state index < -0.39 is 10.0 Å². The van der Waals surface area contributed by atoms with Gasteiger partial charge in [-0.05, 0) is 36.1 Å². The van der Waals surface area contributed by atoms with Crippen LogP contribution in [0.15, 0.2) is 45.9 Å².